The Bertz CT molecular complexity index is 471. The standard InChI is InChI=1S/C13H19N3O2/c1-8-14-7-9(12(17)18)11(15-8)16-10-5-4-6-13(10,2)3/h7,10H,4-6H2,1-3H3,(H,17,18)(H,14,15,16). The topological polar surface area (TPSA) is 75.1 Å². The van der Waals surface area contributed by atoms with E-state index < -0.39 is 5.97 Å². The van der Waals surface area contributed by atoms with E-state index in [1.54, 1.807) is 6.92 Å². The van der Waals surface area contributed by atoms with Crippen molar-refractivity contribution < 1.29 is 9.90 Å². The van der Waals surface area contributed by atoms with Gasteiger partial charge in [-0.1, -0.05) is 20.3 Å². The fraction of sp³-hybridized carbons (Fsp3) is 0.615. The lowest BCUT2D eigenvalue weighted by Gasteiger charge is -2.28. The summed E-state index contributed by atoms with van der Waals surface area (Å²) < 4.78 is 0. The summed E-state index contributed by atoms with van der Waals surface area (Å²) >= 11 is 0. The van der Waals surface area contributed by atoms with Crippen LogP contribution in [0, 0.1) is 12.3 Å². The van der Waals surface area contributed by atoms with E-state index in [9.17, 15) is 4.79 Å². The van der Waals surface area contributed by atoms with E-state index in [0.29, 0.717) is 11.6 Å². The largest absolute Gasteiger partial charge is 0.477 e. The molecule has 1 saturated carbocycles. The molecule has 1 fully saturated rings. The summed E-state index contributed by atoms with van der Waals surface area (Å²) in [5, 5.41) is 12.4. The van der Waals surface area contributed by atoms with Crippen LogP contribution in [0.1, 0.15) is 49.3 Å². The number of hydrogen-bond acceptors (Lipinski definition) is 4. The van der Waals surface area contributed by atoms with Crippen molar-refractivity contribution in [2.75, 3.05) is 5.32 Å². The lowest BCUT2D eigenvalue weighted by Crippen LogP contribution is -2.32. The van der Waals surface area contributed by atoms with Crippen molar-refractivity contribution in [3.8, 4) is 0 Å². The van der Waals surface area contributed by atoms with Crippen LogP contribution in [0.25, 0.3) is 0 Å². The van der Waals surface area contributed by atoms with Gasteiger partial charge in [0, 0.05) is 12.2 Å². The Hall–Kier alpha value is -1.65. The van der Waals surface area contributed by atoms with E-state index >= 15 is 0 Å². The van der Waals surface area contributed by atoms with Crippen molar-refractivity contribution in [1.29, 1.82) is 0 Å². The molecule has 1 atom stereocenters. The van der Waals surface area contributed by atoms with Gasteiger partial charge in [0.15, 0.2) is 0 Å². The van der Waals surface area contributed by atoms with Crippen LogP contribution in [0.5, 0.6) is 0 Å². The average molecular weight is 249 g/mol. The first-order chi connectivity index (χ1) is 8.40. The molecule has 0 aliphatic heterocycles. The summed E-state index contributed by atoms with van der Waals surface area (Å²) in [6.07, 6.45) is 4.73. The molecule has 18 heavy (non-hydrogen) atoms. The van der Waals surface area contributed by atoms with Crippen LogP contribution in [-0.4, -0.2) is 27.1 Å². The highest BCUT2D eigenvalue weighted by Gasteiger charge is 2.35. The van der Waals surface area contributed by atoms with Gasteiger partial charge in [0.25, 0.3) is 0 Å². The smallest absolute Gasteiger partial charge is 0.341 e. The van der Waals surface area contributed by atoms with Crippen LogP contribution < -0.4 is 5.32 Å². The number of anilines is 1. The van der Waals surface area contributed by atoms with Crippen molar-refractivity contribution >= 4 is 11.8 Å². The number of aromatic carboxylic acids is 1. The van der Waals surface area contributed by atoms with E-state index in [1.165, 1.54) is 6.20 Å². The first-order valence-corrected chi connectivity index (χ1v) is 6.23. The number of carboxylic acid groups (broad SMARTS) is 1. The van der Waals surface area contributed by atoms with Gasteiger partial charge in [-0.2, -0.15) is 0 Å². The quantitative estimate of drug-likeness (QED) is 0.860. The molecular weight excluding hydrogens is 230 g/mol. The monoisotopic (exact) mass is 249 g/mol. The number of nitrogens with zero attached hydrogens (tertiary/aromatic N) is 2. The normalized spacial score (nSPS) is 21.8. The summed E-state index contributed by atoms with van der Waals surface area (Å²) in [6, 6.07) is 0.268. The first-order valence-electron chi connectivity index (χ1n) is 6.23. The van der Waals surface area contributed by atoms with Gasteiger partial charge in [-0.3, -0.25) is 0 Å². The first kappa shape index (κ1) is 12.8. The van der Waals surface area contributed by atoms with Crippen LogP contribution in [-0.2, 0) is 0 Å². The molecule has 0 spiro atoms. The van der Waals surface area contributed by atoms with E-state index in [1.807, 2.05) is 0 Å². The van der Waals surface area contributed by atoms with Gasteiger partial charge in [-0.15, -0.1) is 0 Å². The number of aromatic nitrogens is 2. The number of aryl methyl sites for hydroxylation is 1. The van der Waals surface area contributed by atoms with Crippen molar-refractivity contribution in [2.45, 2.75) is 46.1 Å². The molecule has 1 aliphatic rings. The second kappa shape index (κ2) is 4.55. The zero-order valence-corrected chi connectivity index (χ0v) is 11.0. The van der Waals surface area contributed by atoms with Gasteiger partial charge in [-0.25, -0.2) is 14.8 Å². The van der Waals surface area contributed by atoms with Crippen LogP contribution >= 0.6 is 0 Å². The molecule has 5 nitrogen and oxygen atoms in total. The highest BCUT2D eigenvalue weighted by Crippen LogP contribution is 2.39. The number of carbonyl (C=O) groups is 1. The maximum absolute atomic E-state index is 11.1. The van der Waals surface area contributed by atoms with E-state index in [0.717, 1.165) is 19.3 Å². The van der Waals surface area contributed by atoms with Crippen LogP contribution in [0.2, 0.25) is 0 Å². The fourth-order valence-electron chi connectivity index (χ4n) is 2.50. The second-order valence-electron chi connectivity index (χ2n) is 5.56. The Balaban J connectivity index is 2.28. The molecule has 1 heterocycles. The lowest BCUT2D eigenvalue weighted by molar-refractivity contribution is 0.0697. The summed E-state index contributed by atoms with van der Waals surface area (Å²) in [4.78, 5) is 19.3. The second-order valence-corrected chi connectivity index (χ2v) is 5.56. The minimum absolute atomic E-state index is 0.142. The Morgan fingerprint density at radius 1 is 1.56 bits per heavy atom. The van der Waals surface area contributed by atoms with Crippen molar-refractivity contribution in [2.24, 2.45) is 5.41 Å². The third kappa shape index (κ3) is 2.44. The summed E-state index contributed by atoms with van der Waals surface area (Å²) in [7, 11) is 0. The predicted octanol–water partition coefficient (Wildman–Crippen LogP) is 2.47. The molecular formula is C13H19N3O2. The summed E-state index contributed by atoms with van der Waals surface area (Å²) in [5.74, 6) is 0.0292. The maximum atomic E-state index is 11.1. The van der Waals surface area contributed by atoms with Crippen molar-refractivity contribution in [3.05, 3.63) is 17.6 Å². The number of rotatable bonds is 3. The Morgan fingerprint density at radius 2 is 2.28 bits per heavy atom. The molecule has 1 aliphatic carbocycles. The highest BCUT2D eigenvalue weighted by atomic mass is 16.4. The maximum Gasteiger partial charge on any atom is 0.341 e. The molecule has 1 aromatic heterocycles. The van der Waals surface area contributed by atoms with E-state index in [4.69, 9.17) is 5.11 Å². The van der Waals surface area contributed by atoms with Gasteiger partial charge < -0.3 is 10.4 Å². The minimum atomic E-state index is -0.992. The molecule has 5 heteroatoms. The molecule has 0 aromatic carbocycles. The van der Waals surface area contributed by atoms with E-state index in [2.05, 4.69) is 29.1 Å². The van der Waals surface area contributed by atoms with Gasteiger partial charge >= 0.3 is 5.97 Å². The van der Waals surface area contributed by atoms with E-state index in [-0.39, 0.29) is 17.0 Å². The summed E-state index contributed by atoms with van der Waals surface area (Å²) in [6.45, 7) is 6.16. The molecule has 0 saturated heterocycles. The molecule has 0 radical (unpaired) electrons. The Kier molecular flexibility index (Phi) is 3.24. The molecule has 2 rings (SSSR count). The van der Waals surface area contributed by atoms with Crippen LogP contribution in [0.15, 0.2) is 6.20 Å². The minimum Gasteiger partial charge on any atom is -0.477 e. The number of nitrogens with one attached hydrogen (secondary N) is 1. The van der Waals surface area contributed by atoms with Crippen molar-refractivity contribution in [3.63, 3.8) is 0 Å². The molecule has 1 unspecified atom stereocenters. The molecule has 0 bridgehead atoms. The van der Waals surface area contributed by atoms with Crippen LogP contribution in [0.4, 0.5) is 5.82 Å². The van der Waals surface area contributed by atoms with Crippen molar-refractivity contribution in [1.82, 2.24) is 9.97 Å². The molecule has 0 amide bonds. The molecule has 98 valence electrons. The van der Waals surface area contributed by atoms with Crippen LogP contribution in [0.3, 0.4) is 0 Å². The molecule has 2 N–H and O–H groups in total. The highest BCUT2D eigenvalue weighted by molar-refractivity contribution is 5.92. The fourth-order valence-corrected chi connectivity index (χ4v) is 2.50. The van der Waals surface area contributed by atoms with Gasteiger partial charge in [0.2, 0.25) is 0 Å². The third-order valence-electron chi connectivity index (χ3n) is 3.71. The number of carboxylic acids is 1. The van der Waals surface area contributed by atoms with Gasteiger partial charge in [0.05, 0.1) is 0 Å². The predicted molar refractivity (Wildman–Crippen MR) is 68.8 cm³/mol. The Labute approximate surface area is 107 Å². The summed E-state index contributed by atoms with van der Waals surface area (Å²) in [5.41, 5.74) is 0.317. The Morgan fingerprint density at radius 3 is 2.83 bits per heavy atom. The average Bonchev–Trinajstić information content (AvgIpc) is 2.58. The van der Waals surface area contributed by atoms with Gasteiger partial charge in [0.1, 0.15) is 17.2 Å². The zero-order chi connectivity index (χ0) is 13.3. The number of hydrogen-bond donors (Lipinski definition) is 2. The van der Waals surface area contributed by atoms with Gasteiger partial charge in [-0.05, 0) is 25.2 Å². The molecule has 1 aromatic rings. The third-order valence-corrected chi connectivity index (χ3v) is 3.71. The SMILES string of the molecule is Cc1ncc(C(=O)O)c(NC2CCCC2(C)C)n1. The zero-order valence-electron chi connectivity index (χ0n) is 11.0. The lowest BCUT2D eigenvalue weighted by atomic mass is 9.87.